The molecule has 0 amide bonds. The zero-order valence-corrected chi connectivity index (χ0v) is 8.30. The van der Waals surface area contributed by atoms with Crippen LogP contribution in [0.2, 0.25) is 0 Å². The molecule has 3 nitrogen and oxygen atoms in total. The molecule has 0 saturated heterocycles. The predicted octanol–water partition coefficient (Wildman–Crippen LogP) is 2.03. The fourth-order valence-corrected chi connectivity index (χ4v) is 1.91. The number of carbonyl (C=O) groups is 2. The molecule has 1 rings (SSSR count). The van der Waals surface area contributed by atoms with Crippen molar-refractivity contribution in [1.82, 2.24) is 0 Å². The molecule has 1 aliphatic rings. The van der Waals surface area contributed by atoms with Crippen LogP contribution in [0.5, 0.6) is 0 Å². The van der Waals surface area contributed by atoms with E-state index in [9.17, 15) is 9.59 Å². The monoisotopic (exact) mass is 204 g/mol. The number of carboxylic acids is 1. The summed E-state index contributed by atoms with van der Waals surface area (Å²) >= 11 is 5.34. The molecule has 74 valence electrons. The van der Waals surface area contributed by atoms with Crippen LogP contribution in [-0.2, 0) is 9.59 Å². The fraction of sp³-hybridized carbons (Fsp3) is 0.778. The summed E-state index contributed by atoms with van der Waals surface area (Å²) in [5, 5.41) is 8.58. The molecule has 0 spiro atoms. The first-order chi connectivity index (χ1) is 5.96. The largest absolute Gasteiger partial charge is 0.481 e. The Hall–Kier alpha value is -0.570. The molecule has 13 heavy (non-hydrogen) atoms. The smallest absolute Gasteiger partial charge is 0.309 e. The number of rotatable bonds is 2. The van der Waals surface area contributed by atoms with E-state index in [1.807, 2.05) is 0 Å². The third-order valence-corrected chi connectivity index (χ3v) is 3.24. The van der Waals surface area contributed by atoms with Crippen LogP contribution in [0.1, 0.15) is 32.6 Å². The third kappa shape index (κ3) is 2.21. The molecule has 0 atom stereocenters. The van der Waals surface area contributed by atoms with Gasteiger partial charge in [0.05, 0.1) is 5.41 Å². The van der Waals surface area contributed by atoms with Gasteiger partial charge in [0.25, 0.3) is 0 Å². The molecule has 0 aromatic carbocycles. The number of hydrogen-bond donors (Lipinski definition) is 1. The Bertz CT molecular complexity index is 229. The van der Waals surface area contributed by atoms with E-state index in [1.165, 1.54) is 0 Å². The summed E-state index contributed by atoms with van der Waals surface area (Å²) < 4.78 is 0. The molecule has 0 aliphatic heterocycles. The van der Waals surface area contributed by atoms with Gasteiger partial charge in [-0.25, -0.2) is 0 Å². The van der Waals surface area contributed by atoms with Crippen molar-refractivity contribution in [3.8, 4) is 0 Å². The van der Waals surface area contributed by atoms with Crippen molar-refractivity contribution in [3.05, 3.63) is 0 Å². The predicted molar refractivity (Wildman–Crippen MR) is 48.6 cm³/mol. The highest BCUT2D eigenvalue weighted by Gasteiger charge is 2.38. The van der Waals surface area contributed by atoms with Crippen LogP contribution in [0, 0.1) is 11.3 Å². The lowest BCUT2D eigenvalue weighted by Crippen LogP contribution is -2.33. The topological polar surface area (TPSA) is 54.4 Å². The van der Waals surface area contributed by atoms with Gasteiger partial charge in [0, 0.05) is 5.92 Å². The summed E-state index contributed by atoms with van der Waals surface area (Å²) in [5.74, 6) is -0.901. The molecule has 1 fully saturated rings. The van der Waals surface area contributed by atoms with E-state index in [4.69, 9.17) is 16.7 Å². The lowest BCUT2D eigenvalue weighted by molar-refractivity contribution is -0.150. The van der Waals surface area contributed by atoms with Gasteiger partial charge in [0.1, 0.15) is 0 Å². The van der Waals surface area contributed by atoms with Crippen LogP contribution < -0.4 is 0 Å². The van der Waals surface area contributed by atoms with E-state index >= 15 is 0 Å². The normalized spacial score (nSPS) is 34.2. The van der Waals surface area contributed by atoms with Crippen LogP contribution in [0.15, 0.2) is 0 Å². The number of carboxylic acid groups (broad SMARTS) is 1. The third-order valence-electron chi connectivity index (χ3n) is 2.93. The first-order valence-corrected chi connectivity index (χ1v) is 4.76. The second-order valence-electron chi connectivity index (χ2n) is 3.94. The number of carbonyl (C=O) groups excluding carboxylic acids is 1. The molecule has 0 aromatic heterocycles. The van der Waals surface area contributed by atoms with Gasteiger partial charge in [0.15, 0.2) is 0 Å². The summed E-state index contributed by atoms with van der Waals surface area (Å²) in [6, 6.07) is 0. The fourth-order valence-electron chi connectivity index (χ4n) is 1.70. The van der Waals surface area contributed by atoms with E-state index < -0.39 is 11.4 Å². The quantitative estimate of drug-likeness (QED) is 0.701. The highest BCUT2D eigenvalue weighted by molar-refractivity contribution is 6.63. The average Bonchev–Trinajstić information content (AvgIpc) is 2.04. The molecule has 0 radical (unpaired) electrons. The van der Waals surface area contributed by atoms with Gasteiger partial charge < -0.3 is 5.11 Å². The van der Waals surface area contributed by atoms with Gasteiger partial charge in [-0.3, -0.25) is 9.59 Å². The van der Waals surface area contributed by atoms with E-state index in [0.29, 0.717) is 25.7 Å². The Labute approximate surface area is 82.1 Å². The zero-order valence-electron chi connectivity index (χ0n) is 7.55. The van der Waals surface area contributed by atoms with Crippen molar-refractivity contribution in [1.29, 1.82) is 0 Å². The maximum absolute atomic E-state index is 10.8. The van der Waals surface area contributed by atoms with Crippen molar-refractivity contribution in [2.45, 2.75) is 32.6 Å². The highest BCUT2D eigenvalue weighted by atomic mass is 35.5. The van der Waals surface area contributed by atoms with Crippen molar-refractivity contribution >= 4 is 22.8 Å². The molecule has 1 aliphatic carbocycles. The standard InChI is InChI=1S/C9H13ClO3/c1-9(8(12)13)4-2-6(3-5-9)7(10)11/h6H,2-5H2,1H3,(H,12,13). The minimum Gasteiger partial charge on any atom is -0.481 e. The molecule has 0 heterocycles. The maximum atomic E-state index is 10.8. The Morgan fingerprint density at radius 3 is 2.15 bits per heavy atom. The summed E-state index contributed by atoms with van der Waals surface area (Å²) in [5.41, 5.74) is -0.650. The maximum Gasteiger partial charge on any atom is 0.309 e. The second-order valence-corrected chi connectivity index (χ2v) is 4.32. The van der Waals surface area contributed by atoms with Crippen molar-refractivity contribution in [2.75, 3.05) is 0 Å². The van der Waals surface area contributed by atoms with Crippen LogP contribution in [0.3, 0.4) is 0 Å². The molecular weight excluding hydrogens is 192 g/mol. The molecule has 0 aromatic rings. The minimum atomic E-state index is -0.770. The lowest BCUT2D eigenvalue weighted by Gasteiger charge is -2.32. The van der Waals surface area contributed by atoms with Crippen LogP contribution >= 0.6 is 11.6 Å². The van der Waals surface area contributed by atoms with Crippen LogP contribution in [0.4, 0.5) is 0 Å². The first-order valence-electron chi connectivity index (χ1n) is 4.38. The van der Waals surface area contributed by atoms with E-state index in [2.05, 4.69) is 0 Å². The number of aliphatic carboxylic acids is 1. The van der Waals surface area contributed by atoms with E-state index in [0.717, 1.165) is 0 Å². The summed E-state index contributed by atoms with van der Waals surface area (Å²) in [6.07, 6.45) is 2.30. The van der Waals surface area contributed by atoms with E-state index in [-0.39, 0.29) is 11.2 Å². The first kappa shape index (κ1) is 10.5. The summed E-state index contributed by atoms with van der Waals surface area (Å²) in [7, 11) is 0. The van der Waals surface area contributed by atoms with Crippen molar-refractivity contribution in [2.24, 2.45) is 11.3 Å². The second kappa shape index (κ2) is 3.66. The van der Waals surface area contributed by atoms with Crippen molar-refractivity contribution < 1.29 is 14.7 Å². The molecule has 1 saturated carbocycles. The van der Waals surface area contributed by atoms with Crippen molar-refractivity contribution in [3.63, 3.8) is 0 Å². The molecule has 4 heteroatoms. The minimum absolute atomic E-state index is 0.130. The Morgan fingerprint density at radius 1 is 1.38 bits per heavy atom. The van der Waals surface area contributed by atoms with Crippen LogP contribution in [-0.4, -0.2) is 16.3 Å². The Kier molecular flexibility index (Phi) is 2.96. The average molecular weight is 205 g/mol. The molecule has 0 bridgehead atoms. The van der Waals surface area contributed by atoms with Gasteiger partial charge in [-0.1, -0.05) is 0 Å². The molecule has 0 unspecified atom stereocenters. The van der Waals surface area contributed by atoms with E-state index in [1.54, 1.807) is 6.92 Å². The van der Waals surface area contributed by atoms with Gasteiger partial charge >= 0.3 is 5.97 Å². The summed E-state index contributed by atoms with van der Waals surface area (Å²) in [6.45, 7) is 1.73. The number of hydrogen-bond acceptors (Lipinski definition) is 2. The summed E-state index contributed by atoms with van der Waals surface area (Å²) in [4.78, 5) is 21.6. The zero-order chi connectivity index (χ0) is 10.1. The highest BCUT2D eigenvalue weighted by Crippen LogP contribution is 2.39. The van der Waals surface area contributed by atoms with Gasteiger partial charge in [-0.05, 0) is 44.2 Å². The van der Waals surface area contributed by atoms with Gasteiger partial charge in [-0.15, -0.1) is 0 Å². The number of halogens is 1. The SMILES string of the molecule is CC1(C(=O)O)CCC(C(=O)Cl)CC1. The Morgan fingerprint density at radius 2 is 1.85 bits per heavy atom. The molecule has 1 N–H and O–H groups in total. The van der Waals surface area contributed by atoms with Gasteiger partial charge in [0.2, 0.25) is 5.24 Å². The van der Waals surface area contributed by atoms with Gasteiger partial charge in [-0.2, -0.15) is 0 Å². The van der Waals surface area contributed by atoms with Crippen LogP contribution in [0.25, 0.3) is 0 Å². The molecular formula is C9H13ClO3. The lowest BCUT2D eigenvalue weighted by atomic mass is 9.72. The Balaban J connectivity index is 2.56.